The smallest absolute Gasteiger partial charge is 0.326 e. The average Bonchev–Trinajstić information content (AvgIpc) is 3.22. The molecule has 5 rings (SSSR count). The summed E-state index contributed by atoms with van der Waals surface area (Å²) in [5.41, 5.74) is 8.17. The Bertz CT molecular complexity index is 1480. The number of imide groups is 1. The van der Waals surface area contributed by atoms with Crippen LogP contribution in [0.2, 0.25) is 0 Å². The maximum atomic E-state index is 14.7. The number of nitrogens with two attached hydrogens (primary N) is 1. The van der Waals surface area contributed by atoms with Crippen LogP contribution >= 0.6 is 0 Å². The monoisotopic (exact) mass is 500 g/mol. The van der Waals surface area contributed by atoms with E-state index in [2.05, 4.69) is 10.3 Å². The molecule has 9 nitrogen and oxygen atoms in total. The van der Waals surface area contributed by atoms with Crippen LogP contribution in [0.5, 0.6) is 0 Å². The number of carbonyl (C=O) groups is 4. The van der Waals surface area contributed by atoms with E-state index >= 15 is 0 Å². The summed E-state index contributed by atoms with van der Waals surface area (Å²) in [6.45, 7) is 0. The van der Waals surface area contributed by atoms with Gasteiger partial charge in [0.15, 0.2) is 6.17 Å². The number of nitrogen functional groups attached to an aromatic ring is 1. The highest BCUT2D eigenvalue weighted by Crippen LogP contribution is 2.36. The first-order valence-corrected chi connectivity index (χ1v) is 11.4. The van der Waals surface area contributed by atoms with Gasteiger partial charge in [0.2, 0.25) is 5.91 Å². The average molecular weight is 500 g/mol. The van der Waals surface area contributed by atoms with Gasteiger partial charge in [0.05, 0.1) is 17.8 Å². The highest BCUT2D eigenvalue weighted by Gasteiger charge is 2.34. The molecule has 0 spiro atoms. The highest BCUT2D eigenvalue weighted by molar-refractivity contribution is 6.42. The molecule has 10 heteroatoms. The van der Waals surface area contributed by atoms with E-state index in [9.17, 15) is 28.7 Å². The quantitative estimate of drug-likeness (QED) is 0.351. The van der Waals surface area contributed by atoms with Crippen molar-refractivity contribution >= 4 is 46.5 Å². The molecule has 3 aromatic rings. The molecule has 3 amide bonds. The van der Waals surface area contributed by atoms with Crippen LogP contribution in [0, 0.1) is 0 Å². The topological polar surface area (TPSA) is 142 Å². The minimum Gasteiger partial charge on any atom is -0.480 e. The second-order valence-corrected chi connectivity index (χ2v) is 8.78. The molecule has 0 aromatic heterocycles. The third-order valence-electron chi connectivity index (χ3n) is 6.32. The summed E-state index contributed by atoms with van der Waals surface area (Å²) in [5.74, 6) is -3.11. The van der Waals surface area contributed by atoms with Crippen molar-refractivity contribution < 1.29 is 28.7 Å². The van der Waals surface area contributed by atoms with Gasteiger partial charge in [-0.1, -0.05) is 36.4 Å². The summed E-state index contributed by atoms with van der Waals surface area (Å²) in [6.07, 6.45) is -1.82. The van der Waals surface area contributed by atoms with Gasteiger partial charge in [0, 0.05) is 23.2 Å². The zero-order valence-electron chi connectivity index (χ0n) is 19.3. The number of anilines is 2. The number of nitrogens with one attached hydrogen (secondary N) is 1. The molecule has 0 saturated carbocycles. The molecule has 37 heavy (non-hydrogen) atoms. The molecule has 0 fully saturated rings. The maximum absolute atomic E-state index is 14.7. The van der Waals surface area contributed by atoms with Crippen LogP contribution < -0.4 is 16.0 Å². The second-order valence-electron chi connectivity index (χ2n) is 8.78. The van der Waals surface area contributed by atoms with E-state index in [1.807, 2.05) is 0 Å². The maximum Gasteiger partial charge on any atom is 0.326 e. The summed E-state index contributed by atoms with van der Waals surface area (Å²) < 4.78 is 14.7. The fourth-order valence-corrected chi connectivity index (χ4v) is 4.44. The largest absolute Gasteiger partial charge is 0.480 e. The van der Waals surface area contributed by atoms with Gasteiger partial charge in [-0.25, -0.2) is 19.1 Å². The zero-order valence-corrected chi connectivity index (χ0v) is 19.3. The third-order valence-corrected chi connectivity index (χ3v) is 6.32. The van der Waals surface area contributed by atoms with E-state index in [4.69, 9.17) is 5.73 Å². The van der Waals surface area contributed by atoms with E-state index in [0.717, 1.165) is 4.90 Å². The fraction of sp³-hybridized carbons (Fsp3) is 0.148. The van der Waals surface area contributed by atoms with Crippen molar-refractivity contribution in [3.8, 4) is 0 Å². The number of halogens is 1. The number of carboxylic acid groups (broad SMARTS) is 1. The Labute approximate surface area is 210 Å². The van der Waals surface area contributed by atoms with Gasteiger partial charge in [-0.05, 0) is 41.5 Å². The molecule has 2 atom stereocenters. The molecule has 4 N–H and O–H groups in total. The second kappa shape index (κ2) is 9.30. The molecule has 0 aliphatic carbocycles. The van der Waals surface area contributed by atoms with Crippen LogP contribution in [0.25, 0.3) is 0 Å². The number of benzene rings is 3. The normalized spacial score (nSPS) is 17.1. The van der Waals surface area contributed by atoms with Crippen LogP contribution in [0.3, 0.4) is 0 Å². The number of hydrogen-bond donors (Lipinski definition) is 3. The third kappa shape index (κ3) is 4.44. The standard InChI is InChI=1S/C27H21FN4O5/c28-23-18-3-1-2-4-20(18)30-24(23)25(34)31-21(27(36)37)11-14-5-9-17(10-6-14)32-22(33)12-15-7-8-16(29)13-19(15)26(32)35/h1-10,13,21,23H,11-12,29H2,(H,31,34)(H,36,37). The van der Waals surface area contributed by atoms with E-state index < -0.39 is 41.6 Å². The Kier molecular flexibility index (Phi) is 6.00. The molecule has 2 unspecified atom stereocenters. The number of fused-ring (bicyclic) bond motifs is 2. The molecule has 2 aliphatic heterocycles. The number of hydrogen-bond acceptors (Lipinski definition) is 6. The van der Waals surface area contributed by atoms with Crippen LogP contribution in [0.1, 0.15) is 33.2 Å². The lowest BCUT2D eigenvalue weighted by atomic mass is 9.97. The molecule has 0 saturated heterocycles. The number of aliphatic carboxylic acids is 1. The molecule has 186 valence electrons. The van der Waals surface area contributed by atoms with Crippen molar-refractivity contribution in [3.05, 3.63) is 89.0 Å². The summed E-state index contributed by atoms with van der Waals surface area (Å²) in [6, 6.07) is 16.0. The van der Waals surface area contributed by atoms with Crippen LogP contribution in [0.15, 0.2) is 71.7 Å². The van der Waals surface area contributed by atoms with Crippen LogP contribution in [-0.2, 0) is 27.2 Å². The van der Waals surface area contributed by atoms with Crippen molar-refractivity contribution in [1.29, 1.82) is 0 Å². The lowest BCUT2D eigenvalue weighted by Crippen LogP contribution is -2.45. The molecule has 3 aromatic carbocycles. The Balaban J connectivity index is 1.30. The first kappa shape index (κ1) is 23.9. The van der Waals surface area contributed by atoms with Gasteiger partial charge in [-0.2, -0.15) is 0 Å². The van der Waals surface area contributed by atoms with Gasteiger partial charge in [0.1, 0.15) is 11.8 Å². The summed E-state index contributed by atoms with van der Waals surface area (Å²) >= 11 is 0. The first-order chi connectivity index (χ1) is 17.7. The highest BCUT2D eigenvalue weighted by atomic mass is 19.1. The van der Waals surface area contributed by atoms with Gasteiger partial charge in [0.25, 0.3) is 11.8 Å². The number of rotatable bonds is 6. The Morgan fingerprint density at radius 2 is 1.84 bits per heavy atom. The van der Waals surface area contributed by atoms with E-state index in [-0.39, 0.29) is 18.4 Å². The predicted molar refractivity (Wildman–Crippen MR) is 133 cm³/mol. The van der Waals surface area contributed by atoms with Crippen LogP contribution in [0.4, 0.5) is 21.5 Å². The van der Waals surface area contributed by atoms with Crippen molar-refractivity contribution in [1.82, 2.24) is 5.32 Å². The van der Waals surface area contributed by atoms with Gasteiger partial charge >= 0.3 is 5.97 Å². The Morgan fingerprint density at radius 1 is 1.11 bits per heavy atom. The fourth-order valence-electron chi connectivity index (χ4n) is 4.44. The minimum absolute atomic E-state index is 0.0412. The minimum atomic E-state index is -1.75. The van der Waals surface area contributed by atoms with Crippen molar-refractivity contribution in [3.63, 3.8) is 0 Å². The van der Waals surface area contributed by atoms with Gasteiger partial charge in [-0.3, -0.25) is 14.4 Å². The number of alkyl halides is 1. The van der Waals surface area contributed by atoms with E-state index in [1.54, 1.807) is 42.5 Å². The zero-order chi connectivity index (χ0) is 26.3. The van der Waals surface area contributed by atoms with Crippen molar-refractivity contribution in [2.24, 2.45) is 4.99 Å². The number of amides is 3. The van der Waals surface area contributed by atoms with E-state index in [1.165, 1.54) is 24.3 Å². The number of carboxylic acids is 1. The molecule has 0 bridgehead atoms. The lowest BCUT2D eigenvalue weighted by Gasteiger charge is -2.27. The predicted octanol–water partition coefficient (Wildman–Crippen LogP) is 2.91. The SMILES string of the molecule is Nc1ccc2c(c1)C(=O)N(c1ccc(CC(NC(=O)C3=Nc4ccccc4C3F)C(=O)O)cc1)C(=O)C2. The van der Waals surface area contributed by atoms with Crippen LogP contribution in [-0.4, -0.2) is 40.6 Å². The van der Waals surface area contributed by atoms with Gasteiger partial charge in [-0.15, -0.1) is 0 Å². The Morgan fingerprint density at radius 3 is 2.54 bits per heavy atom. The van der Waals surface area contributed by atoms with Crippen molar-refractivity contribution in [2.45, 2.75) is 25.1 Å². The number of aliphatic imine (C=N–C) groups is 1. The number of carbonyl (C=O) groups excluding carboxylic acids is 3. The van der Waals surface area contributed by atoms with E-state index in [0.29, 0.717) is 33.8 Å². The number of para-hydroxylation sites is 1. The molecular formula is C27H21FN4O5. The Hall–Kier alpha value is -4.86. The van der Waals surface area contributed by atoms with Crippen molar-refractivity contribution in [2.75, 3.05) is 10.6 Å². The lowest BCUT2D eigenvalue weighted by molar-refractivity contribution is -0.141. The number of nitrogens with zero attached hydrogens (tertiary/aromatic N) is 2. The molecule has 2 heterocycles. The molecule has 0 radical (unpaired) electrons. The first-order valence-electron chi connectivity index (χ1n) is 11.4. The molecular weight excluding hydrogens is 479 g/mol. The van der Waals surface area contributed by atoms with Gasteiger partial charge < -0.3 is 16.2 Å². The summed E-state index contributed by atoms with van der Waals surface area (Å²) in [4.78, 5) is 55.2. The molecule has 2 aliphatic rings. The summed E-state index contributed by atoms with van der Waals surface area (Å²) in [5, 5.41) is 12.0. The summed E-state index contributed by atoms with van der Waals surface area (Å²) in [7, 11) is 0.